The van der Waals surface area contributed by atoms with Crippen LogP contribution in [0.4, 0.5) is 17.6 Å². The number of rotatable bonds is 4. The molecule has 1 aromatic heterocycles. The van der Waals surface area contributed by atoms with E-state index in [2.05, 4.69) is 20.5 Å². The van der Waals surface area contributed by atoms with Gasteiger partial charge in [0.2, 0.25) is 11.9 Å². The van der Waals surface area contributed by atoms with Crippen LogP contribution in [-0.4, -0.2) is 33.6 Å². The number of hydrogen-bond acceptors (Lipinski definition) is 6. The van der Waals surface area contributed by atoms with E-state index in [9.17, 15) is 0 Å². The first-order valence-electron chi connectivity index (χ1n) is 5.04. The third-order valence-corrected chi connectivity index (χ3v) is 2.75. The third kappa shape index (κ3) is 3.36. The molecule has 2 aromatic rings. The number of hydrogen-bond donors (Lipinski definition) is 3. The molecule has 0 aliphatic rings. The van der Waals surface area contributed by atoms with Gasteiger partial charge in [-0.05, 0) is 50.3 Å². The fraction of sp³-hybridized carbons (Fsp3) is 0.200. The normalized spacial score (nSPS) is 10.8. The molecule has 4 N–H and O–H groups in total. The Morgan fingerprint density at radius 2 is 2.00 bits per heavy atom. The van der Waals surface area contributed by atoms with Gasteiger partial charge in [-0.1, -0.05) is 0 Å². The molecule has 1 heterocycles. The SMILES string of the molecule is CN(C)Sc1ccc(Nc2n[nH]c(N)n2)cc1. The summed E-state index contributed by atoms with van der Waals surface area (Å²) in [7, 11) is 4.01. The number of aromatic amines is 1. The molecule has 0 aliphatic carbocycles. The van der Waals surface area contributed by atoms with Crippen LogP contribution in [0.2, 0.25) is 0 Å². The van der Waals surface area contributed by atoms with Crippen molar-refractivity contribution in [3.05, 3.63) is 24.3 Å². The van der Waals surface area contributed by atoms with Gasteiger partial charge in [-0.2, -0.15) is 4.98 Å². The summed E-state index contributed by atoms with van der Waals surface area (Å²) in [5.41, 5.74) is 6.36. The molecule has 90 valence electrons. The molecule has 0 radical (unpaired) electrons. The van der Waals surface area contributed by atoms with E-state index in [1.54, 1.807) is 11.9 Å². The maximum atomic E-state index is 5.43. The van der Waals surface area contributed by atoms with Gasteiger partial charge in [-0.25, -0.2) is 5.10 Å². The number of H-pyrrole nitrogens is 1. The van der Waals surface area contributed by atoms with Gasteiger partial charge < -0.3 is 11.1 Å². The zero-order valence-corrected chi connectivity index (χ0v) is 10.5. The molecule has 2 rings (SSSR count). The number of anilines is 3. The van der Waals surface area contributed by atoms with Gasteiger partial charge in [-0.3, -0.25) is 4.31 Å². The summed E-state index contributed by atoms with van der Waals surface area (Å²) >= 11 is 1.67. The number of nitrogens with two attached hydrogens (primary N) is 1. The molecule has 17 heavy (non-hydrogen) atoms. The monoisotopic (exact) mass is 250 g/mol. The predicted molar refractivity (Wildman–Crippen MR) is 70.1 cm³/mol. The lowest BCUT2D eigenvalue weighted by Crippen LogP contribution is -1.98. The highest BCUT2D eigenvalue weighted by molar-refractivity contribution is 7.97. The van der Waals surface area contributed by atoms with Crippen molar-refractivity contribution in [2.24, 2.45) is 0 Å². The van der Waals surface area contributed by atoms with E-state index in [0.29, 0.717) is 11.9 Å². The van der Waals surface area contributed by atoms with E-state index >= 15 is 0 Å². The quantitative estimate of drug-likeness (QED) is 0.716. The lowest BCUT2D eigenvalue weighted by atomic mass is 10.3. The van der Waals surface area contributed by atoms with Crippen LogP contribution in [0.15, 0.2) is 29.2 Å². The molecule has 0 saturated carbocycles. The van der Waals surface area contributed by atoms with Crippen LogP contribution in [0.25, 0.3) is 0 Å². The first kappa shape index (κ1) is 11.7. The maximum absolute atomic E-state index is 5.43. The van der Waals surface area contributed by atoms with Crippen molar-refractivity contribution in [1.29, 1.82) is 0 Å². The van der Waals surface area contributed by atoms with E-state index in [1.165, 1.54) is 4.90 Å². The van der Waals surface area contributed by atoms with Gasteiger partial charge in [0.05, 0.1) is 0 Å². The fourth-order valence-electron chi connectivity index (χ4n) is 1.27. The smallest absolute Gasteiger partial charge is 0.248 e. The summed E-state index contributed by atoms with van der Waals surface area (Å²) in [6, 6.07) is 8.00. The van der Waals surface area contributed by atoms with E-state index in [0.717, 1.165) is 5.69 Å². The van der Waals surface area contributed by atoms with Gasteiger partial charge in [0.25, 0.3) is 0 Å². The molecule has 0 spiro atoms. The van der Waals surface area contributed by atoms with Crippen molar-refractivity contribution >= 4 is 29.5 Å². The number of nitrogens with zero attached hydrogens (tertiary/aromatic N) is 3. The van der Waals surface area contributed by atoms with E-state index in [-0.39, 0.29) is 0 Å². The van der Waals surface area contributed by atoms with Crippen molar-refractivity contribution in [1.82, 2.24) is 19.5 Å². The predicted octanol–water partition coefficient (Wildman–Crippen LogP) is 1.70. The molecular formula is C10H14N6S. The highest BCUT2D eigenvalue weighted by Gasteiger charge is 2.01. The van der Waals surface area contributed by atoms with Crippen LogP contribution in [0.5, 0.6) is 0 Å². The molecule has 1 aromatic carbocycles. The number of aromatic nitrogens is 3. The van der Waals surface area contributed by atoms with Gasteiger partial charge in [0, 0.05) is 10.6 Å². The number of benzene rings is 1. The molecule has 0 unspecified atom stereocenters. The first-order chi connectivity index (χ1) is 8.13. The summed E-state index contributed by atoms with van der Waals surface area (Å²) in [5.74, 6) is 0.766. The third-order valence-electron chi connectivity index (χ3n) is 1.90. The van der Waals surface area contributed by atoms with Crippen molar-refractivity contribution in [3.8, 4) is 0 Å². The Bertz CT molecular complexity index is 478. The van der Waals surface area contributed by atoms with Gasteiger partial charge in [-0.15, -0.1) is 5.10 Å². The Morgan fingerprint density at radius 3 is 2.53 bits per heavy atom. The minimum atomic E-state index is 0.298. The van der Waals surface area contributed by atoms with Crippen molar-refractivity contribution in [2.75, 3.05) is 25.1 Å². The Hall–Kier alpha value is -1.73. The molecule has 0 fully saturated rings. The summed E-state index contributed by atoms with van der Waals surface area (Å²) in [6.07, 6.45) is 0. The topological polar surface area (TPSA) is 82.9 Å². The first-order valence-corrected chi connectivity index (χ1v) is 5.81. The Balaban J connectivity index is 2.03. The number of nitrogen functional groups attached to an aromatic ring is 1. The Kier molecular flexibility index (Phi) is 3.50. The average Bonchev–Trinajstić information content (AvgIpc) is 2.66. The van der Waals surface area contributed by atoms with Crippen molar-refractivity contribution in [2.45, 2.75) is 4.90 Å². The second-order valence-electron chi connectivity index (χ2n) is 3.60. The summed E-state index contributed by atoms with van der Waals surface area (Å²) in [5, 5.41) is 9.51. The van der Waals surface area contributed by atoms with E-state index in [4.69, 9.17) is 5.73 Å². The molecule has 7 heteroatoms. The van der Waals surface area contributed by atoms with Gasteiger partial charge >= 0.3 is 0 Å². The van der Waals surface area contributed by atoms with Crippen LogP contribution in [0.1, 0.15) is 0 Å². The molecule has 6 nitrogen and oxygen atoms in total. The van der Waals surface area contributed by atoms with E-state index < -0.39 is 0 Å². The second kappa shape index (κ2) is 5.07. The van der Waals surface area contributed by atoms with Gasteiger partial charge in [0.15, 0.2) is 0 Å². The summed E-state index contributed by atoms with van der Waals surface area (Å²) in [4.78, 5) is 5.14. The zero-order chi connectivity index (χ0) is 12.3. The second-order valence-corrected chi connectivity index (χ2v) is 4.98. The molecule has 0 atom stereocenters. The highest BCUT2D eigenvalue weighted by atomic mass is 32.2. The largest absolute Gasteiger partial charge is 0.368 e. The molecular weight excluding hydrogens is 236 g/mol. The van der Waals surface area contributed by atoms with Crippen molar-refractivity contribution < 1.29 is 0 Å². The Labute approximate surface area is 104 Å². The molecule has 0 bridgehead atoms. The number of nitrogens with one attached hydrogen (secondary N) is 2. The van der Waals surface area contributed by atoms with E-state index in [1.807, 2.05) is 42.7 Å². The van der Waals surface area contributed by atoms with Crippen LogP contribution in [-0.2, 0) is 0 Å². The molecule has 0 amide bonds. The van der Waals surface area contributed by atoms with Crippen molar-refractivity contribution in [3.63, 3.8) is 0 Å². The Morgan fingerprint density at radius 1 is 1.29 bits per heavy atom. The van der Waals surface area contributed by atoms with Crippen LogP contribution >= 0.6 is 11.9 Å². The minimum Gasteiger partial charge on any atom is -0.368 e. The fourth-order valence-corrected chi connectivity index (χ4v) is 1.95. The maximum Gasteiger partial charge on any atom is 0.248 e. The van der Waals surface area contributed by atoms with Crippen LogP contribution in [0.3, 0.4) is 0 Å². The summed E-state index contributed by atoms with van der Waals surface area (Å²) < 4.78 is 2.04. The standard InChI is InChI=1S/C10H14N6S/c1-16(2)17-8-5-3-7(4-6-8)12-10-13-9(11)14-15-10/h3-6H,1-2H3,(H4,11,12,13,14,15). The van der Waals surface area contributed by atoms with Gasteiger partial charge in [0.1, 0.15) is 0 Å². The minimum absolute atomic E-state index is 0.298. The lowest BCUT2D eigenvalue weighted by Gasteiger charge is -2.08. The molecule has 0 saturated heterocycles. The van der Waals surface area contributed by atoms with Crippen LogP contribution in [0, 0.1) is 0 Å². The summed E-state index contributed by atoms with van der Waals surface area (Å²) in [6.45, 7) is 0. The highest BCUT2D eigenvalue weighted by Crippen LogP contribution is 2.22. The lowest BCUT2D eigenvalue weighted by molar-refractivity contribution is 0.702. The average molecular weight is 250 g/mol. The zero-order valence-electron chi connectivity index (χ0n) is 9.64. The van der Waals surface area contributed by atoms with Crippen LogP contribution < -0.4 is 11.1 Å². The molecule has 0 aliphatic heterocycles.